The van der Waals surface area contributed by atoms with Gasteiger partial charge in [0, 0.05) is 23.6 Å². The van der Waals surface area contributed by atoms with Crippen LogP contribution >= 0.6 is 0 Å². The number of halogens is 3. The second-order valence-electron chi connectivity index (χ2n) is 4.92. The number of benzene rings is 1. The number of alkyl halides is 3. The van der Waals surface area contributed by atoms with Crippen LogP contribution in [0, 0.1) is 0 Å². The summed E-state index contributed by atoms with van der Waals surface area (Å²) in [5, 5.41) is 1.13. The molecule has 116 valence electrons. The molecule has 0 saturated carbocycles. The highest BCUT2D eigenvalue weighted by molar-refractivity contribution is 5.83. The summed E-state index contributed by atoms with van der Waals surface area (Å²) in [5.74, 6) is 0. The average molecular weight is 300 g/mol. The van der Waals surface area contributed by atoms with Crippen molar-refractivity contribution in [2.75, 3.05) is 19.8 Å². The minimum atomic E-state index is -4.27. The molecule has 0 atom stereocenters. The van der Waals surface area contributed by atoms with Crippen molar-refractivity contribution >= 4 is 10.9 Å². The summed E-state index contributed by atoms with van der Waals surface area (Å²) < 4.78 is 42.7. The Bertz CT molecular complexity index is 578. The maximum Gasteiger partial charge on any atom is 0.411 e. The number of nitrogens with two attached hydrogens (primary N) is 1. The van der Waals surface area contributed by atoms with Crippen molar-refractivity contribution in [3.8, 4) is 0 Å². The van der Waals surface area contributed by atoms with E-state index in [2.05, 4.69) is 4.74 Å². The van der Waals surface area contributed by atoms with E-state index >= 15 is 0 Å². The van der Waals surface area contributed by atoms with Gasteiger partial charge in [-0.3, -0.25) is 0 Å². The summed E-state index contributed by atoms with van der Waals surface area (Å²) in [7, 11) is 0. The summed E-state index contributed by atoms with van der Waals surface area (Å²) in [6.07, 6.45) is -0.533. The Morgan fingerprint density at radius 2 is 1.95 bits per heavy atom. The molecular weight excluding hydrogens is 281 g/mol. The van der Waals surface area contributed by atoms with E-state index in [1.54, 1.807) is 0 Å². The fourth-order valence-electron chi connectivity index (χ4n) is 2.35. The molecule has 1 aromatic carbocycles. The van der Waals surface area contributed by atoms with Crippen molar-refractivity contribution < 1.29 is 17.9 Å². The Balaban J connectivity index is 2.05. The molecule has 2 rings (SSSR count). The first-order chi connectivity index (χ1) is 10.0. The monoisotopic (exact) mass is 300 g/mol. The lowest BCUT2D eigenvalue weighted by molar-refractivity contribution is -0.174. The van der Waals surface area contributed by atoms with E-state index in [0.29, 0.717) is 13.1 Å². The molecule has 0 saturated heterocycles. The molecule has 0 unspecified atom stereocenters. The van der Waals surface area contributed by atoms with Gasteiger partial charge in [0.25, 0.3) is 0 Å². The molecule has 1 heterocycles. The molecule has 2 N–H and O–H groups in total. The number of rotatable bonds is 7. The second kappa shape index (κ2) is 6.95. The van der Waals surface area contributed by atoms with Gasteiger partial charge in [0.2, 0.25) is 0 Å². The Morgan fingerprint density at radius 3 is 2.67 bits per heavy atom. The molecule has 2 aromatic rings. The van der Waals surface area contributed by atoms with Crippen LogP contribution in [0.3, 0.4) is 0 Å². The van der Waals surface area contributed by atoms with Gasteiger partial charge in [0.05, 0.1) is 6.61 Å². The van der Waals surface area contributed by atoms with Crippen molar-refractivity contribution in [2.45, 2.75) is 25.6 Å². The number of aromatic nitrogens is 1. The topological polar surface area (TPSA) is 40.2 Å². The summed E-state index contributed by atoms with van der Waals surface area (Å²) in [6, 6.07) is 7.86. The van der Waals surface area contributed by atoms with Crippen molar-refractivity contribution in [3.63, 3.8) is 0 Å². The first kappa shape index (κ1) is 15.9. The van der Waals surface area contributed by atoms with Gasteiger partial charge in [0.1, 0.15) is 6.61 Å². The third-order valence-corrected chi connectivity index (χ3v) is 3.26. The molecule has 0 radical (unpaired) electrons. The number of para-hydroxylation sites is 1. The van der Waals surface area contributed by atoms with Gasteiger partial charge in [-0.2, -0.15) is 13.2 Å². The Kier molecular flexibility index (Phi) is 5.25. The molecule has 0 spiro atoms. The highest BCUT2D eigenvalue weighted by Crippen LogP contribution is 2.22. The van der Waals surface area contributed by atoms with E-state index in [4.69, 9.17) is 5.73 Å². The summed E-state index contributed by atoms with van der Waals surface area (Å²) in [6.45, 7) is -0.145. The highest BCUT2D eigenvalue weighted by atomic mass is 19.4. The average Bonchev–Trinajstić information content (AvgIpc) is 2.79. The Morgan fingerprint density at radius 1 is 1.19 bits per heavy atom. The van der Waals surface area contributed by atoms with Crippen molar-refractivity contribution in [1.82, 2.24) is 4.57 Å². The molecule has 0 fully saturated rings. The lowest BCUT2D eigenvalue weighted by atomic mass is 10.1. The van der Waals surface area contributed by atoms with Crippen LogP contribution in [-0.4, -0.2) is 30.5 Å². The first-order valence-corrected chi connectivity index (χ1v) is 6.92. The molecule has 0 aliphatic carbocycles. The number of nitrogens with zero attached hydrogens (tertiary/aromatic N) is 1. The summed E-state index contributed by atoms with van der Waals surface area (Å²) in [4.78, 5) is 0. The van der Waals surface area contributed by atoms with E-state index in [0.717, 1.165) is 23.7 Å². The van der Waals surface area contributed by atoms with Gasteiger partial charge in [0.15, 0.2) is 0 Å². The van der Waals surface area contributed by atoms with E-state index in [9.17, 15) is 13.2 Å². The van der Waals surface area contributed by atoms with Gasteiger partial charge in [-0.05, 0) is 31.0 Å². The van der Waals surface area contributed by atoms with E-state index in [1.807, 2.05) is 35.0 Å². The molecule has 0 aliphatic heterocycles. The smallest absolute Gasteiger partial charge is 0.370 e. The van der Waals surface area contributed by atoms with Crippen molar-refractivity contribution in [3.05, 3.63) is 36.0 Å². The predicted octanol–water partition coefficient (Wildman–Crippen LogP) is 3.11. The highest BCUT2D eigenvalue weighted by Gasteiger charge is 2.27. The molecule has 0 amide bonds. The normalized spacial score (nSPS) is 12.2. The zero-order valence-electron chi connectivity index (χ0n) is 11.7. The van der Waals surface area contributed by atoms with Crippen LogP contribution in [0.1, 0.15) is 12.0 Å². The SMILES string of the molecule is NCCCc1cn(CCOCC(F)(F)F)c2ccccc12. The molecule has 3 nitrogen and oxygen atoms in total. The molecular formula is C15H19F3N2O. The third kappa shape index (κ3) is 4.47. The number of hydrogen-bond donors (Lipinski definition) is 1. The van der Waals surface area contributed by atoms with Crippen LogP contribution in [0.4, 0.5) is 13.2 Å². The van der Waals surface area contributed by atoms with Crippen molar-refractivity contribution in [1.29, 1.82) is 0 Å². The fraction of sp³-hybridized carbons (Fsp3) is 0.467. The lowest BCUT2D eigenvalue weighted by Gasteiger charge is -2.09. The largest absolute Gasteiger partial charge is 0.411 e. The number of fused-ring (bicyclic) bond motifs is 1. The summed E-state index contributed by atoms with van der Waals surface area (Å²) in [5.41, 5.74) is 7.72. The van der Waals surface area contributed by atoms with Crippen LogP contribution in [0.15, 0.2) is 30.5 Å². The van der Waals surface area contributed by atoms with E-state index in [1.165, 1.54) is 5.56 Å². The fourth-order valence-corrected chi connectivity index (χ4v) is 2.35. The Labute approximate surface area is 121 Å². The molecule has 0 aliphatic rings. The Hall–Kier alpha value is -1.53. The number of ether oxygens (including phenoxy) is 1. The third-order valence-electron chi connectivity index (χ3n) is 3.26. The van der Waals surface area contributed by atoms with Crippen LogP contribution in [0.2, 0.25) is 0 Å². The molecule has 21 heavy (non-hydrogen) atoms. The van der Waals surface area contributed by atoms with E-state index < -0.39 is 12.8 Å². The molecule has 6 heteroatoms. The van der Waals surface area contributed by atoms with Gasteiger partial charge >= 0.3 is 6.18 Å². The maximum absolute atomic E-state index is 12.0. The standard InChI is InChI=1S/C15H19F3N2O/c16-15(17,18)11-21-9-8-20-10-12(4-3-7-19)13-5-1-2-6-14(13)20/h1-2,5-6,10H,3-4,7-9,11,19H2. The minimum Gasteiger partial charge on any atom is -0.370 e. The van der Waals surface area contributed by atoms with E-state index in [-0.39, 0.29) is 6.61 Å². The quantitative estimate of drug-likeness (QED) is 0.798. The van der Waals surface area contributed by atoms with Gasteiger partial charge in [-0.15, -0.1) is 0 Å². The van der Waals surface area contributed by atoms with Crippen LogP contribution in [0.25, 0.3) is 10.9 Å². The minimum absolute atomic E-state index is 0.0362. The zero-order chi connectivity index (χ0) is 15.3. The maximum atomic E-state index is 12.0. The van der Waals surface area contributed by atoms with Gasteiger partial charge in [-0.25, -0.2) is 0 Å². The molecule has 0 bridgehead atoms. The zero-order valence-corrected chi connectivity index (χ0v) is 11.7. The number of aryl methyl sites for hydroxylation is 1. The predicted molar refractivity (Wildman–Crippen MR) is 76.2 cm³/mol. The number of hydrogen-bond acceptors (Lipinski definition) is 2. The lowest BCUT2D eigenvalue weighted by Crippen LogP contribution is -2.18. The van der Waals surface area contributed by atoms with Crippen LogP contribution < -0.4 is 5.73 Å². The van der Waals surface area contributed by atoms with Crippen LogP contribution in [0.5, 0.6) is 0 Å². The van der Waals surface area contributed by atoms with Gasteiger partial charge < -0.3 is 15.0 Å². The molecule has 1 aromatic heterocycles. The summed E-state index contributed by atoms with van der Waals surface area (Å²) >= 11 is 0. The second-order valence-corrected chi connectivity index (χ2v) is 4.92. The first-order valence-electron chi connectivity index (χ1n) is 6.92. The van der Waals surface area contributed by atoms with Gasteiger partial charge in [-0.1, -0.05) is 18.2 Å². The van der Waals surface area contributed by atoms with Crippen molar-refractivity contribution in [2.24, 2.45) is 5.73 Å². The van der Waals surface area contributed by atoms with Crippen LogP contribution in [-0.2, 0) is 17.7 Å².